The van der Waals surface area contributed by atoms with Crippen molar-refractivity contribution in [3.05, 3.63) is 22.4 Å². The Kier molecular flexibility index (Phi) is 5.00. The first-order chi connectivity index (χ1) is 9.40. The molecule has 1 saturated heterocycles. The molecule has 1 aromatic carbocycles. The summed E-state index contributed by atoms with van der Waals surface area (Å²) >= 11 is 3.05. The minimum atomic E-state index is -3.71. The van der Waals surface area contributed by atoms with E-state index >= 15 is 0 Å². The number of ether oxygens (including phenoxy) is 1. The van der Waals surface area contributed by atoms with Crippen LogP contribution in [0.15, 0.2) is 21.5 Å². The maximum atomic E-state index is 13.2. The molecule has 0 atom stereocenters. The van der Waals surface area contributed by atoms with Gasteiger partial charge < -0.3 is 10.5 Å². The van der Waals surface area contributed by atoms with Crippen LogP contribution >= 0.6 is 15.9 Å². The molecule has 0 aliphatic carbocycles. The number of anilines is 1. The number of benzene rings is 1. The average Bonchev–Trinajstić information content (AvgIpc) is 2.42. The Morgan fingerprint density at radius 3 is 2.70 bits per heavy atom. The predicted molar refractivity (Wildman–Crippen MR) is 77.2 cm³/mol. The summed E-state index contributed by atoms with van der Waals surface area (Å²) in [7, 11) is -3.71. The Morgan fingerprint density at radius 1 is 1.40 bits per heavy atom. The van der Waals surface area contributed by atoms with Gasteiger partial charge >= 0.3 is 0 Å². The molecule has 20 heavy (non-hydrogen) atoms. The number of sulfonamides is 1. The van der Waals surface area contributed by atoms with Crippen molar-refractivity contribution in [1.82, 2.24) is 4.72 Å². The van der Waals surface area contributed by atoms with Crippen LogP contribution in [0, 0.1) is 11.7 Å². The Bertz CT molecular complexity index is 589. The second-order valence-corrected chi connectivity index (χ2v) is 7.30. The molecule has 1 fully saturated rings. The molecule has 1 aromatic rings. The maximum absolute atomic E-state index is 13.2. The summed E-state index contributed by atoms with van der Waals surface area (Å²) in [6, 6.07) is 2.17. The van der Waals surface area contributed by atoms with Crippen LogP contribution in [0.25, 0.3) is 0 Å². The molecular formula is C12H16BrFN2O3S. The van der Waals surface area contributed by atoms with Gasteiger partial charge in [-0.2, -0.15) is 0 Å². The van der Waals surface area contributed by atoms with Gasteiger partial charge in [-0.05, 0) is 46.8 Å². The predicted octanol–water partition coefficient (Wildman–Crippen LogP) is 1.88. The molecule has 0 radical (unpaired) electrons. The Hall–Kier alpha value is -0.700. The molecule has 1 heterocycles. The number of nitrogens with one attached hydrogen (secondary N) is 1. The van der Waals surface area contributed by atoms with Crippen LogP contribution in [0.1, 0.15) is 12.8 Å². The van der Waals surface area contributed by atoms with Gasteiger partial charge in [0.05, 0.1) is 10.6 Å². The van der Waals surface area contributed by atoms with Gasteiger partial charge in [-0.25, -0.2) is 17.5 Å². The van der Waals surface area contributed by atoms with Crippen molar-refractivity contribution in [2.75, 3.05) is 25.5 Å². The molecule has 1 aliphatic heterocycles. The molecule has 0 saturated carbocycles. The van der Waals surface area contributed by atoms with Gasteiger partial charge in [0, 0.05) is 24.2 Å². The highest BCUT2D eigenvalue weighted by molar-refractivity contribution is 9.10. The van der Waals surface area contributed by atoms with Crippen molar-refractivity contribution in [2.24, 2.45) is 5.92 Å². The van der Waals surface area contributed by atoms with Gasteiger partial charge in [-0.15, -0.1) is 0 Å². The van der Waals surface area contributed by atoms with E-state index in [1.165, 1.54) is 0 Å². The van der Waals surface area contributed by atoms with Gasteiger partial charge in [0.1, 0.15) is 5.82 Å². The third-order valence-electron chi connectivity index (χ3n) is 3.24. The summed E-state index contributed by atoms with van der Waals surface area (Å²) in [6.45, 7) is 1.65. The largest absolute Gasteiger partial charge is 0.396 e. The first kappa shape index (κ1) is 15.7. The Labute approximate surface area is 125 Å². The molecule has 5 nitrogen and oxygen atoms in total. The molecule has 1 aliphatic rings. The molecule has 0 unspecified atom stereocenters. The third kappa shape index (κ3) is 3.69. The molecule has 8 heteroatoms. The van der Waals surface area contributed by atoms with E-state index in [1.807, 2.05) is 0 Å². The zero-order valence-corrected chi connectivity index (χ0v) is 13.1. The van der Waals surface area contributed by atoms with Gasteiger partial charge in [-0.3, -0.25) is 0 Å². The number of rotatable bonds is 4. The van der Waals surface area contributed by atoms with E-state index < -0.39 is 15.8 Å². The minimum Gasteiger partial charge on any atom is -0.396 e. The number of hydrogen-bond acceptors (Lipinski definition) is 4. The van der Waals surface area contributed by atoms with Gasteiger partial charge in [0.15, 0.2) is 0 Å². The number of hydrogen-bond donors (Lipinski definition) is 2. The number of nitrogens with two attached hydrogens (primary N) is 1. The highest BCUT2D eigenvalue weighted by atomic mass is 79.9. The fraction of sp³-hybridized carbons (Fsp3) is 0.500. The van der Waals surface area contributed by atoms with E-state index in [-0.39, 0.29) is 21.0 Å². The van der Waals surface area contributed by atoms with Crippen LogP contribution < -0.4 is 10.5 Å². The highest BCUT2D eigenvalue weighted by Crippen LogP contribution is 2.27. The van der Waals surface area contributed by atoms with Gasteiger partial charge in [0.2, 0.25) is 10.0 Å². The van der Waals surface area contributed by atoms with Crippen molar-refractivity contribution in [3.8, 4) is 0 Å². The summed E-state index contributed by atoms with van der Waals surface area (Å²) in [6.07, 6.45) is 1.66. The second kappa shape index (κ2) is 6.38. The quantitative estimate of drug-likeness (QED) is 0.797. The van der Waals surface area contributed by atoms with Crippen LogP contribution in [-0.4, -0.2) is 28.2 Å². The fourth-order valence-corrected chi connectivity index (χ4v) is 4.17. The van der Waals surface area contributed by atoms with Crippen molar-refractivity contribution in [3.63, 3.8) is 0 Å². The lowest BCUT2D eigenvalue weighted by Gasteiger charge is -2.22. The van der Waals surface area contributed by atoms with Crippen molar-refractivity contribution in [2.45, 2.75) is 17.7 Å². The van der Waals surface area contributed by atoms with Crippen molar-refractivity contribution >= 4 is 31.6 Å². The van der Waals surface area contributed by atoms with Crippen LogP contribution in [0.4, 0.5) is 10.1 Å². The molecule has 112 valence electrons. The van der Waals surface area contributed by atoms with Crippen molar-refractivity contribution < 1.29 is 17.5 Å². The smallest absolute Gasteiger partial charge is 0.241 e. The van der Waals surface area contributed by atoms with Crippen molar-refractivity contribution in [1.29, 1.82) is 0 Å². The molecule has 3 N–H and O–H groups in total. The standard InChI is InChI=1S/C12H16BrFN2O3S/c13-9-5-10(14)11(15)6-12(9)20(17,18)16-7-8-1-3-19-4-2-8/h5-6,8,16H,1-4,7,15H2. The third-order valence-corrected chi connectivity index (χ3v) is 5.63. The minimum absolute atomic E-state index is 0.0524. The fourth-order valence-electron chi connectivity index (χ4n) is 2.01. The zero-order chi connectivity index (χ0) is 14.8. The second-order valence-electron chi connectivity index (χ2n) is 4.71. The lowest BCUT2D eigenvalue weighted by molar-refractivity contribution is 0.0678. The molecule has 2 rings (SSSR count). The molecule has 0 spiro atoms. The summed E-state index contributed by atoms with van der Waals surface area (Å²) < 4.78 is 45.6. The highest BCUT2D eigenvalue weighted by Gasteiger charge is 2.22. The summed E-state index contributed by atoms with van der Waals surface area (Å²) in [4.78, 5) is -0.0524. The first-order valence-electron chi connectivity index (χ1n) is 6.22. The van der Waals surface area contributed by atoms with Gasteiger partial charge in [-0.1, -0.05) is 0 Å². The molecule has 0 aromatic heterocycles. The summed E-state index contributed by atoms with van der Waals surface area (Å²) in [5.41, 5.74) is 5.23. The van der Waals surface area contributed by atoms with E-state index in [1.54, 1.807) is 0 Å². The van der Waals surface area contributed by atoms with Crippen LogP contribution in [0.2, 0.25) is 0 Å². The number of halogens is 2. The first-order valence-corrected chi connectivity index (χ1v) is 8.49. The summed E-state index contributed by atoms with van der Waals surface area (Å²) in [5.74, 6) is -0.393. The van der Waals surface area contributed by atoms with E-state index in [2.05, 4.69) is 20.7 Å². The van der Waals surface area contributed by atoms with Crippen LogP contribution in [0.3, 0.4) is 0 Å². The zero-order valence-electron chi connectivity index (χ0n) is 10.7. The lowest BCUT2D eigenvalue weighted by Crippen LogP contribution is -2.32. The lowest BCUT2D eigenvalue weighted by atomic mass is 10.0. The van der Waals surface area contributed by atoms with E-state index in [4.69, 9.17) is 10.5 Å². The Morgan fingerprint density at radius 2 is 2.05 bits per heavy atom. The maximum Gasteiger partial charge on any atom is 0.241 e. The Balaban J connectivity index is 2.11. The molecule has 0 amide bonds. The SMILES string of the molecule is Nc1cc(S(=O)(=O)NCC2CCOCC2)c(Br)cc1F. The van der Waals surface area contributed by atoms with E-state index in [0.29, 0.717) is 19.8 Å². The topological polar surface area (TPSA) is 81.4 Å². The average molecular weight is 367 g/mol. The van der Waals surface area contributed by atoms with Crippen LogP contribution in [-0.2, 0) is 14.8 Å². The van der Waals surface area contributed by atoms with E-state index in [9.17, 15) is 12.8 Å². The van der Waals surface area contributed by atoms with Crippen LogP contribution in [0.5, 0.6) is 0 Å². The number of nitrogen functional groups attached to an aromatic ring is 1. The monoisotopic (exact) mass is 366 g/mol. The normalized spacial score (nSPS) is 17.3. The summed E-state index contributed by atoms with van der Waals surface area (Å²) in [5, 5.41) is 0. The van der Waals surface area contributed by atoms with E-state index in [0.717, 1.165) is 25.0 Å². The molecular weight excluding hydrogens is 351 g/mol. The van der Waals surface area contributed by atoms with Gasteiger partial charge in [0.25, 0.3) is 0 Å². The molecule has 0 bridgehead atoms.